The fourth-order valence-electron chi connectivity index (χ4n) is 7.47. The molecule has 1 aromatic heterocycles. The lowest BCUT2D eigenvalue weighted by Crippen LogP contribution is -2.21. The number of hydrogen-bond acceptors (Lipinski definition) is 3. The number of nitrogens with one attached hydrogen (secondary N) is 1. The Kier molecular flexibility index (Phi) is 7.67. The van der Waals surface area contributed by atoms with E-state index in [2.05, 4.69) is 158 Å². The molecule has 0 aliphatic carbocycles. The van der Waals surface area contributed by atoms with Gasteiger partial charge in [0.25, 0.3) is 0 Å². The molecule has 1 atom stereocenters. The summed E-state index contributed by atoms with van der Waals surface area (Å²) in [6.45, 7) is 4.25. The molecular formula is C48H36N2O. The van der Waals surface area contributed by atoms with E-state index in [0.717, 1.165) is 44.9 Å². The van der Waals surface area contributed by atoms with Crippen LogP contribution in [0.1, 0.15) is 40.8 Å². The molecule has 0 saturated heterocycles. The minimum absolute atomic E-state index is 0.224. The van der Waals surface area contributed by atoms with Crippen LogP contribution < -0.4 is 5.32 Å². The predicted molar refractivity (Wildman–Crippen MR) is 216 cm³/mol. The predicted octanol–water partition coefficient (Wildman–Crippen LogP) is 12.9. The van der Waals surface area contributed by atoms with Crippen molar-refractivity contribution in [3.05, 3.63) is 192 Å². The van der Waals surface area contributed by atoms with Gasteiger partial charge in [0.15, 0.2) is 0 Å². The Hall–Kier alpha value is -6.45. The summed E-state index contributed by atoms with van der Waals surface area (Å²) >= 11 is 0. The third-order valence-electron chi connectivity index (χ3n) is 10.00. The van der Waals surface area contributed by atoms with Crippen LogP contribution in [0.25, 0.3) is 60.8 Å². The van der Waals surface area contributed by atoms with Crippen LogP contribution in [0.5, 0.6) is 0 Å². The summed E-state index contributed by atoms with van der Waals surface area (Å²) in [6.07, 6.45) is 8.44. The van der Waals surface area contributed by atoms with Crippen molar-refractivity contribution in [1.29, 1.82) is 0 Å². The Balaban J connectivity index is 1.16. The summed E-state index contributed by atoms with van der Waals surface area (Å²) in [5.74, 6) is 1.55. The number of rotatable bonds is 6. The maximum absolute atomic E-state index is 6.70. The van der Waals surface area contributed by atoms with Crippen LogP contribution in [0.4, 0.5) is 5.88 Å². The van der Waals surface area contributed by atoms with E-state index in [1.807, 2.05) is 31.2 Å². The first-order chi connectivity index (χ1) is 25.1. The number of hydrogen-bond donors (Lipinski definition) is 1. The molecule has 1 N–H and O–H groups in total. The number of fused-ring (bicyclic) bond motifs is 6. The molecule has 8 aromatic rings. The molecule has 1 unspecified atom stereocenters. The highest BCUT2D eigenvalue weighted by atomic mass is 16.4. The molecule has 0 saturated carbocycles. The number of aryl methyl sites for hydroxylation is 1. The van der Waals surface area contributed by atoms with Gasteiger partial charge in [-0.25, -0.2) is 0 Å². The number of amidine groups is 1. The third-order valence-corrected chi connectivity index (χ3v) is 10.00. The number of anilines is 1. The number of furan rings is 1. The Morgan fingerprint density at radius 2 is 1.29 bits per heavy atom. The molecule has 2 heterocycles. The maximum atomic E-state index is 6.70. The Morgan fingerprint density at radius 1 is 0.608 bits per heavy atom. The van der Waals surface area contributed by atoms with Crippen LogP contribution in [0.3, 0.4) is 0 Å². The van der Waals surface area contributed by atoms with E-state index in [1.165, 1.54) is 49.4 Å². The second kappa shape index (κ2) is 12.8. The van der Waals surface area contributed by atoms with E-state index in [0.29, 0.717) is 0 Å². The second-order valence-corrected chi connectivity index (χ2v) is 13.2. The fourth-order valence-corrected chi connectivity index (χ4v) is 7.47. The largest absolute Gasteiger partial charge is 0.440 e. The van der Waals surface area contributed by atoms with Gasteiger partial charge in [-0.3, -0.25) is 4.99 Å². The van der Waals surface area contributed by atoms with Crippen molar-refractivity contribution >= 4 is 50.3 Å². The molecule has 51 heavy (non-hydrogen) atoms. The molecule has 0 radical (unpaired) electrons. The molecular weight excluding hydrogens is 621 g/mol. The first kappa shape index (κ1) is 30.6. The van der Waals surface area contributed by atoms with E-state index in [4.69, 9.17) is 9.41 Å². The second-order valence-electron chi connectivity index (χ2n) is 13.2. The molecule has 0 amide bonds. The first-order valence-electron chi connectivity index (χ1n) is 17.5. The van der Waals surface area contributed by atoms with E-state index in [1.54, 1.807) is 0 Å². The van der Waals surface area contributed by atoms with Crippen molar-refractivity contribution in [3.8, 4) is 22.3 Å². The Labute approximate surface area is 297 Å². The highest BCUT2D eigenvalue weighted by Gasteiger charge is 2.30. The van der Waals surface area contributed by atoms with E-state index < -0.39 is 0 Å². The van der Waals surface area contributed by atoms with Crippen molar-refractivity contribution in [1.82, 2.24) is 0 Å². The zero-order valence-corrected chi connectivity index (χ0v) is 28.6. The van der Waals surface area contributed by atoms with Crippen LogP contribution in [-0.2, 0) is 0 Å². The molecule has 9 rings (SSSR count). The van der Waals surface area contributed by atoms with Gasteiger partial charge in [-0.05, 0) is 92.5 Å². The summed E-state index contributed by atoms with van der Waals surface area (Å²) < 4.78 is 6.70. The number of allylic oxidation sites excluding steroid dienone is 3. The molecule has 3 heteroatoms. The molecule has 7 aromatic carbocycles. The van der Waals surface area contributed by atoms with Gasteiger partial charge in [0.2, 0.25) is 5.88 Å². The quantitative estimate of drug-likeness (QED) is 0.143. The van der Waals surface area contributed by atoms with Crippen molar-refractivity contribution in [2.24, 2.45) is 4.99 Å². The van der Waals surface area contributed by atoms with Crippen LogP contribution in [0.15, 0.2) is 173 Å². The van der Waals surface area contributed by atoms with E-state index >= 15 is 0 Å². The SMILES string of the molecule is C/C=C\C=C/c1cc2cc(-c3ccc4c5c(oc4c3)NC(c3ccccc3)=NC5c3ccc(-c4ccccc4)cc3)c(C)cc2c2ccccc12. The molecule has 244 valence electrons. The monoisotopic (exact) mass is 656 g/mol. The lowest BCUT2D eigenvalue weighted by Gasteiger charge is -2.22. The molecule has 3 nitrogen and oxygen atoms in total. The Morgan fingerprint density at radius 3 is 2.06 bits per heavy atom. The lowest BCUT2D eigenvalue weighted by atomic mass is 9.90. The fraction of sp³-hybridized carbons (Fsp3) is 0.0625. The zero-order chi connectivity index (χ0) is 34.3. The number of benzene rings is 7. The molecule has 0 spiro atoms. The molecule has 1 aliphatic rings. The van der Waals surface area contributed by atoms with Gasteiger partial charge in [0.1, 0.15) is 17.5 Å². The third kappa shape index (κ3) is 5.53. The van der Waals surface area contributed by atoms with Crippen molar-refractivity contribution in [2.45, 2.75) is 19.9 Å². The van der Waals surface area contributed by atoms with Crippen LogP contribution in [-0.4, -0.2) is 5.84 Å². The highest BCUT2D eigenvalue weighted by molar-refractivity contribution is 6.13. The molecule has 0 bridgehead atoms. The smallest absolute Gasteiger partial charge is 0.205 e. The van der Waals surface area contributed by atoms with Crippen LogP contribution in [0, 0.1) is 6.92 Å². The van der Waals surface area contributed by atoms with Gasteiger partial charge in [0.05, 0.1) is 5.56 Å². The number of nitrogens with zero attached hydrogens (tertiary/aromatic N) is 1. The average molecular weight is 657 g/mol. The minimum atomic E-state index is -0.224. The summed E-state index contributed by atoms with van der Waals surface area (Å²) in [5, 5.41) is 9.62. The minimum Gasteiger partial charge on any atom is -0.440 e. The zero-order valence-electron chi connectivity index (χ0n) is 28.6. The lowest BCUT2D eigenvalue weighted by molar-refractivity contribution is 0.624. The summed E-state index contributed by atoms with van der Waals surface area (Å²) in [6, 6.07) is 51.6. The molecule has 1 aliphatic heterocycles. The van der Waals surface area contributed by atoms with Crippen LogP contribution >= 0.6 is 0 Å². The van der Waals surface area contributed by atoms with Gasteiger partial charge in [-0.15, -0.1) is 0 Å². The van der Waals surface area contributed by atoms with Crippen LogP contribution in [0.2, 0.25) is 0 Å². The van der Waals surface area contributed by atoms with Crippen molar-refractivity contribution in [2.75, 3.05) is 5.32 Å². The van der Waals surface area contributed by atoms with E-state index in [-0.39, 0.29) is 6.04 Å². The average Bonchev–Trinajstić information content (AvgIpc) is 3.56. The van der Waals surface area contributed by atoms with Gasteiger partial charge in [-0.1, -0.05) is 152 Å². The summed E-state index contributed by atoms with van der Waals surface area (Å²) in [7, 11) is 0. The normalized spacial score (nSPS) is 14.4. The van der Waals surface area contributed by atoms with Crippen molar-refractivity contribution < 1.29 is 4.42 Å². The van der Waals surface area contributed by atoms with Gasteiger partial charge < -0.3 is 9.73 Å². The van der Waals surface area contributed by atoms with Gasteiger partial charge >= 0.3 is 0 Å². The number of aliphatic imine (C=N–C) groups is 1. The topological polar surface area (TPSA) is 37.5 Å². The van der Waals surface area contributed by atoms with Gasteiger partial charge in [-0.2, -0.15) is 0 Å². The van der Waals surface area contributed by atoms with E-state index in [9.17, 15) is 0 Å². The first-order valence-corrected chi connectivity index (χ1v) is 17.5. The Bertz CT molecular complexity index is 2660. The maximum Gasteiger partial charge on any atom is 0.205 e. The standard InChI is InChI=1S/C48H36N2O/c1-3-4-7-18-36-28-38-29-42(31(2)27-43(38)40-20-13-12-19-39(36)40)37-25-26-41-44(30-37)51-48-45(41)46(49-47(50-48)35-16-10-6-11-17-35)34-23-21-33(22-24-34)32-14-8-5-9-15-32/h3-30,46H,1-2H3,(H,49,50)/b4-3-,18-7-. The van der Waals surface area contributed by atoms with Crippen molar-refractivity contribution in [3.63, 3.8) is 0 Å². The summed E-state index contributed by atoms with van der Waals surface area (Å²) in [5.41, 5.74) is 11.2. The summed E-state index contributed by atoms with van der Waals surface area (Å²) in [4.78, 5) is 5.31. The highest BCUT2D eigenvalue weighted by Crippen LogP contribution is 2.44. The van der Waals surface area contributed by atoms with Gasteiger partial charge in [0, 0.05) is 10.9 Å². The molecule has 0 fully saturated rings.